The molecule has 5 nitrogen and oxygen atoms in total. The summed E-state index contributed by atoms with van der Waals surface area (Å²) >= 11 is 0. The van der Waals surface area contributed by atoms with E-state index < -0.39 is 0 Å². The van der Waals surface area contributed by atoms with E-state index >= 15 is 0 Å². The van der Waals surface area contributed by atoms with E-state index in [9.17, 15) is 9.59 Å². The number of hydrogen-bond acceptors (Lipinski definition) is 3. The molecular weight excluding hydrogens is 328 g/mol. The lowest BCUT2D eigenvalue weighted by molar-refractivity contribution is -0.132. The second-order valence-electron chi connectivity index (χ2n) is 7.81. The van der Waals surface area contributed by atoms with Crippen LogP contribution < -0.4 is 5.73 Å². The Kier molecular flexibility index (Phi) is 5.97. The van der Waals surface area contributed by atoms with Crippen molar-refractivity contribution in [3.8, 4) is 0 Å². The molecule has 1 aromatic carbocycles. The number of piperidine rings is 1. The zero-order chi connectivity index (χ0) is 18.7. The molecule has 0 spiro atoms. The summed E-state index contributed by atoms with van der Waals surface area (Å²) in [6.45, 7) is 6.35. The number of rotatable bonds is 5. The van der Waals surface area contributed by atoms with Crippen molar-refractivity contribution in [3.63, 3.8) is 0 Å². The minimum absolute atomic E-state index is 0.0330. The van der Waals surface area contributed by atoms with Crippen molar-refractivity contribution in [2.24, 2.45) is 17.6 Å². The monoisotopic (exact) mass is 358 g/mol. The van der Waals surface area contributed by atoms with E-state index in [1.807, 2.05) is 11.0 Å². The number of nitrogens with two attached hydrogens (primary N) is 1. The molecule has 2 aliphatic rings. The third kappa shape index (κ3) is 4.26. The molecule has 3 rings (SSSR count). The van der Waals surface area contributed by atoms with E-state index in [2.05, 4.69) is 26.0 Å². The molecule has 1 aromatic rings. The highest BCUT2D eigenvalue weighted by atomic mass is 16.5. The van der Waals surface area contributed by atoms with Gasteiger partial charge in [0.1, 0.15) is 0 Å². The zero-order valence-corrected chi connectivity index (χ0v) is 15.9. The second-order valence-corrected chi connectivity index (χ2v) is 7.81. The van der Waals surface area contributed by atoms with Crippen molar-refractivity contribution in [2.45, 2.75) is 52.1 Å². The van der Waals surface area contributed by atoms with Gasteiger partial charge in [-0.3, -0.25) is 9.59 Å². The highest BCUT2D eigenvalue weighted by Crippen LogP contribution is 2.31. The van der Waals surface area contributed by atoms with E-state index in [1.54, 1.807) is 0 Å². The number of amides is 2. The van der Waals surface area contributed by atoms with E-state index in [1.165, 1.54) is 11.1 Å². The highest BCUT2D eigenvalue weighted by Gasteiger charge is 2.35. The molecule has 2 N–H and O–H groups in total. The Morgan fingerprint density at radius 2 is 1.81 bits per heavy atom. The largest absolute Gasteiger partial charge is 0.377 e. The minimum Gasteiger partial charge on any atom is -0.377 e. The molecule has 2 saturated heterocycles. The quantitative estimate of drug-likeness (QED) is 0.878. The van der Waals surface area contributed by atoms with Gasteiger partial charge in [-0.15, -0.1) is 0 Å². The first-order valence-electron chi connectivity index (χ1n) is 9.69. The Morgan fingerprint density at radius 3 is 2.42 bits per heavy atom. The highest BCUT2D eigenvalue weighted by molar-refractivity contribution is 5.79. The molecule has 0 aromatic heterocycles. The predicted molar refractivity (Wildman–Crippen MR) is 101 cm³/mol. The third-order valence-electron chi connectivity index (χ3n) is 6.08. The molecule has 0 unspecified atom stereocenters. The second kappa shape index (κ2) is 8.21. The maximum atomic E-state index is 12.7. The number of likely N-dealkylation sites (tertiary alicyclic amines) is 1. The van der Waals surface area contributed by atoms with Crippen LogP contribution in [0.4, 0.5) is 0 Å². The van der Waals surface area contributed by atoms with Crippen molar-refractivity contribution >= 4 is 11.8 Å². The van der Waals surface area contributed by atoms with E-state index in [0.717, 1.165) is 44.3 Å². The van der Waals surface area contributed by atoms with Crippen LogP contribution >= 0.6 is 0 Å². The molecule has 0 radical (unpaired) electrons. The van der Waals surface area contributed by atoms with Crippen LogP contribution in [0.3, 0.4) is 0 Å². The fourth-order valence-electron chi connectivity index (χ4n) is 4.34. The molecule has 2 atom stereocenters. The van der Waals surface area contributed by atoms with Crippen molar-refractivity contribution in [2.75, 3.05) is 19.7 Å². The summed E-state index contributed by atoms with van der Waals surface area (Å²) in [5, 5.41) is 0. The van der Waals surface area contributed by atoms with Gasteiger partial charge >= 0.3 is 0 Å². The summed E-state index contributed by atoms with van der Waals surface area (Å²) in [5.41, 5.74) is 9.01. The molecule has 5 heteroatoms. The normalized spacial score (nSPS) is 24.0. The van der Waals surface area contributed by atoms with E-state index in [-0.39, 0.29) is 23.8 Å². The topological polar surface area (TPSA) is 72.6 Å². The summed E-state index contributed by atoms with van der Waals surface area (Å²) in [5.74, 6) is 0.338. The zero-order valence-electron chi connectivity index (χ0n) is 15.9. The minimum atomic E-state index is -0.242. The molecule has 142 valence electrons. The van der Waals surface area contributed by atoms with Gasteiger partial charge in [0.25, 0.3) is 0 Å². The van der Waals surface area contributed by atoms with Gasteiger partial charge in [-0.05, 0) is 62.1 Å². The van der Waals surface area contributed by atoms with Crippen LogP contribution in [-0.2, 0) is 20.7 Å². The number of carbonyl (C=O) groups excluding carboxylic acids is 2. The lowest BCUT2D eigenvalue weighted by Gasteiger charge is -2.33. The van der Waals surface area contributed by atoms with Crippen LogP contribution in [-0.4, -0.2) is 42.5 Å². The maximum Gasteiger partial charge on any atom is 0.227 e. The van der Waals surface area contributed by atoms with Crippen LogP contribution in [0.5, 0.6) is 0 Å². The number of aryl methyl sites for hydroxylation is 2. The predicted octanol–water partition coefficient (Wildman–Crippen LogP) is 2.37. The summed E-state index contributed by atoms with van der Waals surface area (Å²) in [7, 11) is 0. The van der Waals surface area contributed by atoms with Gasteiger partial charge in [0.2, 0.25) is 11.8 Å². The number of ether oxygens (including phenoxy) is 1. The lowest BCUT2D eigenvalue weighted by Crippen LogP contribution is -2.41. The van der Waals surface area contributed by atoms with E-state index in [4.69, 9.17) is 10.5 Å². The first kappa shape index (κ1) is 18.9. The molecule has 0 aliphatic carbocycles. The Balaban J connectivity index is 1.50. The van der Waals surface area contributed by atoms with Gasteiger partial charge in [0, 0.05) is 19.7 Å². The Hall–Kier alpha value is -1.88. The standard InChI is InChI=1S/C21H30N2O3/c1-14-4-3-5-15(2)18(14)13-20(24)23-9-6-16(7-10-23)12-19-17(21(22)25)8-11-26-19/h3-5,16-17,19H,6-13H2,1-2H3,(H2,22,25)/t17-,19-/m1/s1. The van der Waals surface area contributed by atoms with Crippen LogP contribution in [0.25, 0.3) is 0 Å². The summed E-state index contributed by atoms with van der Waals surface area (Å²) in [4.78, 5) is 26.2. The Morgan fingerprint density at radius 1 is 1.15 bits per heavy atom. The third-order valence-corrected chi connectivity index (χ3v) is 6.08. The molecule has 2 heterocycles. The first-order valence-corrected chi connectivity index (χ1v) is 9.69. The van der Waals surface area contributed by atoms with Gasteiger partial charge < -0.3 is 15.4 Å². The summed E-state index contributed by atoms with van der Waals surface area (Å²) in [6, 6.07) is 6.17. The molecule has 26 heavy (non-hydrogen) atoms. The summed E-state index contributed by atoms with van der Waals surface area (Å²) < 4.78 is 5.73. The van der Waals surface area contributed by atoms with Crippen molar-refractivity contribution in [3.05, 3.63) is 34.9 Å². The summed E-state index contributed by atoms with van der Waals surface area (Å²) in [6.07, 6.45) is 4.03. The van der Waals surface area contributed by atoms with Gasteiger partial charge in [-0.1, -0.05) is 18.2 Å². The molecule has 2 aliphatic heterocycles. The van der Waals surface area contributed by atoms with Crippen molar-refractivity contribution < 1.29 is 14.3 Å². The van der Waals surface area contributed by atoms with Gasteiger partial charge in [-0.2, -0.15) is 0 Å². The Bertz CT molecular complexity index is 645. The Labute approximate surface area is 155 Å². The van der Waals surface area contributed by atoms with Gasteiger partial charge in [0.05, 0.1) is 18.4 Å². The fraction of sp³-hybridized carbons (Fsp3) is 0.619. The molecular formula is C21H30N2O3. The maximum absolute atomic E-state index is 12.7. The number of primary amides is 1. The van der Waals surface area contributed by atoms with Crippen molar-refractivity contribution in [1.82, 2.24) is 4.90 Å². The fourth-order valence-corrected chi connectivity index (χ4v) is 4.34. The van der Waals surface area contributed by atoms with Crippen LogP contribution in [0.1, 0.15) is 42.4 Å². The SMILES string of the molecule is Cc1cccc(C)c1CC(=O)N1CCC(C[C@H]2OCC[C@H]2C(N)=O)CC1. The number of nitrogens with zero attached hydrogens (tertiary/aromatic N) is 1. The number of hydrogen-bond donors (Lipinski definition) is 1. The number of carbonyl (C=O) groups is 2. The van der Waals surface area contributed by atoms with Crippen LogP contribution in [0, 0.1) is 25.7 Å². The van der Waals surface area contributed by atoms with Crippen molar-refractivity contribution in [1.29, 1.82) is 0 Å². The van der Waals surface area contributed by atoms with E-state index in [0.29, 0.717) is 18.9 Å². The lowest BCUT2D eigenvalue weighted by atomic mass is 9.86. The van der Waals surface area contributed by atoms with Gasteiger partial charge in [0.15, 0.2) is 0 Å². The average molecular weight is 358 g/mol. The number of benzene rings is 1. The molecule has 2 fully saturated rings. The smallest absolute Gasteiger partial charge is 0.227 e. The van der Waals surface area contributed by atoms with Crippen LogP contribution in [0.15, 0.2) is 18.2 Å². The molecule has 0 bridgehead atoms. The van der Waals surface area contributed by atoms with Crippen LogP contribution in [0.2, 0.25) is 0 Å². The molecule has 0 saturated carbocycles. The average Bonchev–Trinajstić information content (AvgIpc) is 3.07. The molecule has 2 amide bonds. The first-order chi connectivity index (χ1) is 12.5. The van der Waals surface area contributed by atoms with Gasteiger partial charge in [-0.25, -0.2) is 0 Å².